The molecule has 0 unspecified atom stereocenters. The first-order valence-electron chi connectivity index (χ1n) is 6.68. The highest BCUT2D eigenvalue weighted by atomic mass is 35.5. The lowest BCUT2D eigenvalue weighted by Crippen LogP contribution is -2.39. The van der Waals surface area contributed by atoms with Crippen LogP contribution in [0.5, 0.6) is 5.75 Å². The molecule has 0 aliphatic carbocycles. The normalized spacial score (nSPS) is 10.1. The van der Waals surface area contributed by atoms with Crippen LogP contribution in [0.4, 0.5) is 4.79 Å². The van der Waals surface area contributed by atoms with Crippen LogP contribution in [-0.4, -0.2) is 48.8 Å². The number of aliphatic carboxylic acids is 1. The second kappa shape index (κ2) is 9.38. The third kappa shape index (κ3) is 6.87. The molecule has 2 N–H and O–H groups in total. The average Bonchev–Trinajstić information content (AvgIpc) is 2.46. The second-order valence-electron chi connectivity index (χ2n) is 4.57. The quantitative estimate of drug-likeness (QED) is 0.708. The number of carboxylic acids is 1. The Hall–Kier alpha value is -1.66. The number of ether oxygens (including phenoxy) is 1. The molecule has 6 nitrogen and oxygen atoms in total. The molecule has 1 rings (SSSR count). The molecule has 0 atom stereocenters. The van der Waals surface area contributed by atoms with Gasteiger partial charge in [-0.15, -0.1) is 0 Å². The zero-order chi connectivity index (χ0) is 16.5. The number of hydrogen-bond acceptors (Lipinski definition) is 3. The molecule has 0 fully saturated rings. The van der Waals surface area contributed by atoms with Crippen molar-refractivity contribution in [3.63, 3.8) is 0 Å². The topological polar surface area (TPSA) is 78.9 Å². The van der Waals surface area contributed by atoms with Crippen LogP contribution in [0.3, 0.4) is 0 Å². The SMILES string of the molecule is CN(CCC(=O)O)C(=O)NCCCOc1ccc(Cl)cc1Cl. The largest absolute Gasteiger partial charge is 0.492 e. The fourth-order valence-electron chi connectivity index (χ4n) is 1.54. The number of nitrogens with zero attached hydrogens (tertiary/aromatic N) is 1. The third-order valence-corrected chi connectivity index (χ3v) is 3.29. The maximum atomic E-state index is 11.6. The summed E-state index contributed by atoms with van der Waals surface area (Å²) >= 11 is 11.7. The molecule has 0 aliphatic rings. The zero-order valence-corrected chi connectivity index (χ0v) is 13.7. The van der Waals surface area contributed by atoms with Crippen molar-refractivity contribution in [2.24, 2.45) is 0 Å². The summed E-state index contributed by atoms with van der Waals surface area (Å²) in [5.74, 6) is -0.399. The first-order chi connectivity index (χ1) is 10.4. The monoisotopic (exact) mass is 348 g/mol. The summed E-state index contributed by atoms with van der Waals surface area (Å²) in [6.45, 7) is 0.972. The average molecular weight is 349 g/mol. The molecule has 0 heterocycles. The van der Waals surface area contributed by atoms with Gasteiger partial charge >= 0.3 is 12.0 Å². The minimum atomic E-state index is -0.937. The first kappa shape index (κ1) is 18.4. The van der Waals surface area contributed by atoms with Gasteiger partial charge in [0.25, 0.3) is 0 Å². The van der Waals surface area contributed by atoms with Crippen molar-refractivity contribution < 1.29 is 19.4 Å². The standard InChI is InChI=1S/C14H18Cl2N2O4/c1-18(7-5-13(19)20)14(21)17-6-2-8-22-12-4-3-10(15)9-11(12)16/h3-4,9H,2,5-8H2,1H3,(H,17,21)(H,19,20). The summed E-state index contributed by atoms with van der Waals surface area (Å²) in [4.78, 5) is 23.4. The lowest BCUT2D eigenvalue weighted by atomic mass is 10.3. The molecule has 22 heavy (non-hydrogen) atoms. The smallest absolute Gasteiger partial charge is 0.317 e. The van der Waals surface area contributed by atoms with Crippen LogP contribution in [0.25, 0.3) is 0 Å². The van der Waals surface area contributed by atoms with Crippen molar-refractivity contribution in [1.82, 2.24) is 10.2 Å². The molecule has 8 heteroatoms. The van der Waals surface area contributed by atoms with Crippen molar-refractivity contribution in [2.75, 3.05) is 26.7 Å². The van der Waals surface area contributed by atoms with Crippen LogP contribution in [-0.2, 0) is 4.79 Å². The number of hydrogen-bond donors (Lipinski definition) is 2. The molecule has 0 saturated heterocycles. The number of urea groups is 1. The van der Waals surface area contributed by atoms with Gasteiger partial charge in [-0.25, -0.2) is 4.79 Å². The van der Waals surface area contributed by atoms with E-state index in [-0.39, 0.29) is 19.0 Å². The maximum absolute atomic E-state index is 11.6. The molecule has 122 valence electrons. The van der Waals surface area contributed by atoms with Gasteiger partial charge in [-0.05, 0) is 24.6 Å². The predicted molar refractivity (Wildman–Crippen MR) is 84.9 cm³/mol. The van der Waals surface area contributed by atoms with Gasteiger partial charge in [-0.2, -0.15) is 0 Å². The van der Waals surface area contributed by atoms with Crippen molar-refractivity contribution in [1.29, 1.82) is 0 Å². The fraction of sp³-hybridized carbons (Fsp3) is 0.429. The molecule has 1 aromatic rings. The Morgan fingerprint density at radius 1 is 1.36 bits per heavy atom. The third-order valence-electron chi connectivity index (χ3n) is 2.76. The van der Waals surface area contributed by atoms with E-state index in [0.717, 1.165) is 0 Å². The number of carboxylic acid groups (broad SMARTS) is 1. The van der Waals surface area contributed by atoms with E-state index in [9.17, 15) is 9.59 Å². The Labute approximate surface area is 138 Å². The highest BCUT2D eigenvalue weighted by Crippen LogP contribution is 2.27. The predicted octanol–water partition coefficient (Wildman–Crippen LogP) is 2.88. The van der Waals surface area contributed by atoms with Gasteiger partial charge in [0.15, 0.2) is 0 Å². The molecular formula is C14H18Cl2N2O4. The summed E-state index contributed by atoms with van der Waals surface area (Å²) in [5.41, 5.74) is 0. The van der Waals surface area contributed by atoms with E-state index in [4.69, 9.17) is 33.0 Å². The van der Waals surface area contributed by atoms with Crippen LogP contribution in [0.15, 0.2) is 18.2 Å². The number of nitrogens with one attached hydrogen (secondary N) is 1. The number of benzene rings is 1. The van der Waals surface area contributed by atoms with Crippen LogP contribution in [0, 0.1) is 0 Å². The fourth-order valence-corrected chi connectivity index (χ4v) is 2.00. The maximum Gasteiger partial charge on any atom is 0.317 e. The van der Waals surface area contributed by atoms with Crippen molar-refractivity contribution >= 4 is 35.2 Å². The second-order valence-corrected chi connectivity index (χ2v) is 5.42. The minimum Gasteiger partial charge on any atom is -0.492 e. The highest BCUT2D eigenvalue weighted by molar-refractivity contribution is 6.35. The van der Waals surface area contributed by atoms with Gasteiger partial charge in [0.2, 0.25) is 0 Å². The summed E-state index contributed by atoms with van der Waals surface area (Å²) in [6, 6.07) is 4.65. The number of amides is 2. The van der Waals surface area contributed by atoms with Crippen LogP contribution < -0.4 is 10.1 Å². The van der Waals surface area contributed by atoms with E-state index in [1.807, 2.05) is 0 Å². The molecular weight excluding hydrogens is 331 g/mol. The molecule has 0 radical (unpaired) electrons. The number of rotatable bonds is 8. The Balaban J connectivity index is 2.19. The molecule has 0 bridgehead atoms. The number of carbonyl (C=O) groups is 2. The van der Waals surface area contributed by atoms with Crippen LogP contribution >= 0.6 is 23.2 Å². The Kier molecular flexibility index (Phi) is 7.84. The minimum absolute atomic E-state index is 0.0813. The zero-order valence-electron chi connectivity index (χ0n) is 12.1. The van der Waals surface area contributed by atoms with E-state index < -0.39 is 5.97 Å². The van der Waals surface area contributed by atoms with E-state index in [0.29, 0.717) is 35.4 Å². The number of halogens is 2. The van der Waals surface area contributed by atoms with Crippen LogP contribution in [0.2, 0.25) is 10.0 Å². The van der Waals surface area contributed by atoms with Gasteiger partial charge in [0, 0.05) is 25.2 Å². The Morgan fingerprint density at radius 3 is 2.73 bits per heavy atom. The van der Waals surface area contributed by atoms with Gasteiger partial charge in [0.05, 0.1) is 18.1 Å². The number of carbonyl (C=O) groups excluding carboxylic acids is 1. The van der Waals surface area contributed by atoms with Gasteiger partial charge in [-0.3, -0.25) is 4.79 Å². The highest BCUT2D eigenvalue weighted by Gasteiger charge is 2.09. The van der Waals surface area contributed by atoms with E-state index >= 15 is 0 Å². The molecule has 2 amide bonds. The molecule has 0 aliphatic heterocycles. The van der Waals surface area contributed by atoms with E-state index in [1.54, 1.807) is 25.2 Å². The van der Waals surface area contributed by atoms with E-state index in [1.165, 1.54) is 4.90 Å². The molecule has 0 aromatic heterocycles. The van der Waals surface area contributed by atoms with Crippen molar-refractivity contribution in [2.45, 2.75) is 12.8 Å². The van der Waals surface area contributed by atoms with E-state index in [2.05, 4.69) is 5.32 Å². The molecule has 0 spiro atoms. The lowest BCUT2D eigenvalue weighted by molar-refractivity contribution is -0.137. The molecule has 1 aromatic carbocycles. The Morgan fingerprint density at radius 2 is 2.09 bits per heavy atom. The molecule has 0 saturated carbocycles. The Bertz CT molecular complexity index is 526. The lowest BCUT2D eigenvalue weighted by Gasteiger charge is -2.17. The van der Waals surface area contributed by atoms with Crippen molar-refractivity contribution in [3.8, 4) is 5.75 Å². The van der Waals surface area contributed by atoms with Crippen LogP contribution in [0.1, 0.15) is 12.8 Å². The van der Waals surface area contributed by atoms with Gasteiger partial charge < -0.3 is 20.1 Å². The summed E-state index contributed by atoms with van der Waals surface area (Å²) < 4.78 is 5.48. The van der Waals surface area contributed by atoms with Gasteiger partial charge in [0.1, 0.15) is 5.75 Å². The van der Waals surface area contributed by atoms with Gasteiger partial charge in [-0.1, -0.05) is 23.2 Å². The summed E-state index contributed by atoms with van der Waals surface area (Å²) in [6.07, 6.45) is 0.513. The van der Waals surface area contributed by atoms with Crippen molar-refractivity contribution in [3.05, 3.63) is 28.2 Å². The first-order valence-corrected chi connectivity index (χ1v) is 7.44. The summed E-state index contributed by atoms with van der Waals surface area (Å²) in [7, 11) is 1.54. The summed E-state index contributed by atoms with van der Waals surface area (Å²) in [5, 5.41) is 12.2.